The predicted octanol–water partition coefficient (Wildman–Crippen LogP) is 3.93. The van der Waals surface area contributed by atoms with E-state index in [9.17, 15) is 22.8 Å². The summed E-state index contributed by atoms with van der Waals surface area (Å²) in [5, 5.41) is 2.45. The number of aromatic nitrogens is 3. The lowest BCUT2D eigenvalue weighted by molar-refractivity contribution is -0.137. The van der Waals surface area contributed by atoms with Gasteiger partial charge in [0.15, 0.2) is 0 Å². The molecule has 1 N–H and O–H groups in total. The second-order valence-corrected chi connectivity index (χ2v) is 7.89. The molecule has 0 aliphatic carbocycles. The number of hydrogen-bond donors (Lipinski definition) is 1. The SMILES string of the molecule is O=C(c1cccc(C(F)(F)F)c1)N1CCC(c2nc(-c3nccs3)cc(=O)[nH]2)CC1. The zero-order valence-corrected chi connectivity index (χ0v) is 16.5. The number of nitrogens with one attached hydrogen (secondary N) is 1. The molecule has 0 radical (unpaired) electrons. The molecule has 0 bridgehead atoms. The number of amides is 1. The molecule has 1 aliphatic heterocycles. The molecule has 10 heteroatoms. The van der Waals surface area contributed by atoms with Gasteiger partial charge in [-0.15, -0.1) is 11.3 Å². The topological polar surface area (TPSA) is 79.0 Å². The van der Waals surface area contributed by atoms with Crippen molar-refractivity contribution in [3.63, 3.8) is 0 Å². The van der Waals surface area contributed by atoms with Gasteiger partial charge < -0.3 is 9.88 Å². The van der Waals surface area contributed by atoms with Crippen molar-refractivity contribution < 1.29 is 18.0 Å². The summed E-state index contributed by atoms with van der Waals surface area (Å²) in [7, 11) is 0. The molecule has 6 nitrogen and oxygen atoms in total. The van der Waals surface area contributed by atoms with Crippen molar-refractivity contribution in [2.45, 2.75) is 24.9 Å². The zero-order chi connectivity index (χ0) is 21.3. The molecule has 1 saturated heterocycles. The second-order valence-electron chi connectivity index (χ2n) is 7.00. The standard InChI is InChI=1S/C20H17F3N4O2S/c21-20(22,23)14-3-1-2-13(10-14)19(29)27-7-4-12(5-8-27)17-25-15(11-16(28)26-17)18-24-6-9-30-18/h1-3,6,9-12H,4-5,7-8H2,(H,25,26,28). The first-order valence-electron chi connectivity index (χ1n) is 9.29. The van der Waals surface area contributed by atoms with Gasteiger partial charge >= 0.3 is 6.18 Å². The van der Waals surface area contributed by atoms with Gasteiger partial charge in [0.1, 0.15) is 16.5 Å². The number of alkyl halides is 3. The van der Waals surface area contributed by atoms with Gasteiger partial charge in [-0.1, -0.05) is 6.07 Å². The van der Waals surface area contributed by atoms with Crippen LogP contribution in [-0.2, 0) is 6.18 Å². The molecule has 1 aromatic carbocycles. The first-order valence-corrected chi connectivity index (χ1v) is 10.2. The molecule has 30 heavy (non-hydrogen) atoms. The number of benzene rings is 1. The van der Waals surface area contributed by atoms with Crippen molar-refractivity contribution in [3.05, 3.63) is 69.2 Å². The summed E-state index contributed by atoms with van der Waals surface area (Å²) in [4.78, 5) is 37.7. The number of H-pyrrole nitrogens is 1. The fourth-order valence-corrected chi connectivity index (χ4v) is 4.09. The third-order valence-electron chi connectivity index (χ3n) is 5.02. The lowest BCUT2D eigenvalue weighted by atomic mass is 9.95. The Kier molecular flexibility index (Phi) is 5.42. The Bertz CT molecular complexity index is 1100. The summed E-state index contributed by atoms with van der Waals surface area (Å²) in [6, 6.07) is 5.85. The van der Waals surface area contributed by atoms with E-state index < -0.39 is 17.6 Å². The van der Waals surface area contributed by atoms with Gasteiger partial charge in [0.25, 0.3) is 11.5 Å². The fourth-order valence-electron chi connectivity index (χ4n) is 3.50. The highest BCUT2D eigenvalue weighted by Gasteiger charge is 2.32. The fraction of sp³-hybridized carbons (Fsp3) is 0.300. The number of likely N-dealkylation sites (tertiary alicyclic amines) is 1. The Labute approximate surface area is 173 Å². The smallest absolute Gasteiger partial charge is 0.339 e. The highest BCUT2D eigenvalue weighted by molar-refractivity contribution is 7.13. The summed E-state index contributed by atoms with van der Waals surface area (Å²) in [6.07, 6.45) is -1.76. The second kappa shape index (κ2) is 8.02. The number of aromatic amines is 1. The number of hydrogen-bond acceptors (Lipinski definition) is 5. The number of halogens is 3. The van der Waals surface area contributed by atoms with Gasteiger partial charge in [0.05, 0.1) is 5.56 Å². The summed E-state index contributed by atoms with van der Waals surface area (Å²) in [5.41, 5.74) is -0.594. The maximum Gasteiger partial charge on any atom is 0.416 e. The minimum absolute atomic E-state index is 0.0144. The Morgan fingerprint density at radius 2 is 1.97 bits per heavy atom. The quantitative estimate of drug-likeness (QED) is 0.678. The first kappa shape index (κ1) is 20.3. The largest absolute Gasteiger partial charge is 0.416 e. The monoisotopic (exact) mass is 434 g/mol. The van der Waals surface area contributed by atoms with Crippen molar-refractivity contribution in [1.82, 2.24) is 19.9 Å². The molecular formula is C20H17F3N4O2S. The molecular weight excluding hydrogens is 417 g/mol. The molecule has 3 heterocycles. The predicted molar refractivity (Wildman–Crippen MR) is 105 cm³/mol. The van der Waals surface area contributed by atoms with E-state index in [1.807, 2.05) is 0 Å². The van der Waals surface area contributed by atoms with Crippen LogP contribution in [0.4, 0.5) is 13.2 Å². The van der Waals surface area contributed by atoms with E-state index in [-0.39, 0.29) is 17.0 Å². The third kappa shape index (κ3) is 4.28. The van der Waals surface area contributed by atoms with E-state index in [2.05, 4.69) is 15.0 Å². The van der Waals surface area contributed by atoms with Crippen molar-refractivity contribution in [2.24, 2.45) is 0 Å². The number of rotatable bonds is 3. The maximum absolute atomic E-state index is 12.9. The Morgan fingerprint density at radius 3 is 2.63 bits per heavy atom. The lowest BCUT2D eigenvalue weighted by Crippen LogP contribution is -2.38. The average Bonchev–Trinajstić information content (AvgIpc) is 3.27. The van der Waals surface area contributed by atoms with Gasteiger partial charge in [0, 0.05) is 42.2 Å². The molecule has 4 rings (SSSR count). The maximum atomic E-state index is 12.9. The van der Waals surface area contributed by atoms with Crippen LogP contribution < -0.4 is 5.56 Å². The molecule has 3 aromatic rings. The van der Waals surface area contributed by atoms with Crippen LogP contribution in [0.5, 0.6) is 0 Å². The molecule has 0 saturated carbocycles. The molecule has 156 valence electrons. The number of carbonyl (C=O) groups excluding carboxylic acids is 1. The number of carbonyl (C=O) groups is 1. The minimum atomic E-state index is -4.50. The Morgan fingerprint density at radius 1 is 1.20 bits per heavy atom. The highest BCUT2D eigenvalue weighted by atomic mass is 32.1. The van der Waals surface area contributed by atoms with Crippen molar-refractivity contribution in [1.29, 1.82) is 0 Å². The van der Waals surface area contributed by atoms with Crippen LogP contribution >= 0.6 is 11.3 Å². The third-order valence-corrected chi connectivity index (χ3v) is 5.81. The zero-order valence-electron chi connectivity index (χ0n) is 15.6. The van der Waals surface area contributed by atoms with Gasteiger partial charge in [-0.2, -0.15) is 13.2 Å². The van der Waals surface area contributed by atoms with Crippen LogP contribution in [-0.4, -0.2) is 38.8 Å². The highest BCUT2D eigenvalue weighted by Crippen LogP contribution is 2.31. The molecule has 1 fully saturated rings. The number of thiazole rings is 1. The number of nitrogens with zero attached hydrogens (tertiary/aromatic N) is 3. The normalized spacial score (nSPS) is 15.4. The summed E-state index contributed by atoms with van der Waals surface area (Å²) in [6.45, 7) is 0.732. The summed E-state index contributed by atoms with van der Waals surface area (Å²) in [5.74, 6) is 0.0552. The average molecular weight is 434 g/mol. The summed E-state index contributed by atoms with van der Waals surface area (Å²) < 4.78 is 38.7. The Hall–Kier alpha value is -3.01. The van der Waals surface area contributed by atoms with Gasteiger partial charge in [-0.3, -0.25) is 9.59 Å². The molecule has 1 amide bonds. The van der Waals surface area contributed by atoms with E-state index in [4.69, 9.17) is 0 Å². The Balaban J connectivity index is 1.47. The van der Waals surface area contributed by atoms with Gasteiger partial charge in [0.2, 0.25) is 0 Å². The van der Waals surface area contributed by atoms with Crippen LogP contribution in [0.25, 0.3) is 10.7 Å². The van der Waals surface area contributed by atoms with Crippen molar-refractivity contribution >= 4 is 17.2 Å². The first-order chi connectivity index (χ1) is 14.3. The van der Waals surface area contributed by atoms with Crippen LogP contribution in [0.15, 0.2) is 46.7 Å². The van der Waals surface area contributed by atoms with E-state index in [0.29, 0.717) is 42.5 Å². The van der Waals surface area contributed by atoms with Crippen LogP contribution in [0.2, 0.25) is 0 Å². The van der Waals surface area contributed by atoms with E-state index >= 15 is 0 Å². The van der Waals surface area contributed by atoms with Crippen LogP contribution in [0, 0.1) is 0 Å². The van der Waals surface area contributed by atoms with E-state index in [1.165, 1.54) is 34.4 Å². The number of piperidine rings is 1. The van der Waals surface area contributed by atoms with Gasteiger partial charge in [-0.05, 0) is 31.0 Å². The van der Waals surface area contributed by atoms with E-state index in [1.54, 1.807) is 11.6 Å². The molecule has 1 aliphatic rings. The van der Waals surface area contributed by atoms with Crippen molar-refractivity contribution in [3.8, 4) is 10.7 Å². The van der Waals surface area contributed by atoms with Gasteiger partial charge in [-0.25, -0.2) is 9.97 Å². The molecule has 2 aromatic heterocycles. The molecule has 0 atom stereocenters. The van der Waals surface area contributed by atoms with Crippen molar-refractivity contribution in [2.75, 3.05) is 13.1 Å². The lowest BCUT2D eigenvalue weighted by Gasteiger charge is -2.31. The molecule has 0 unspecified atom stereocenters. The van der Waals surface area contributed by atoms with Crippen LogP contribution in [0.1, 0.15) is 40.5 Å². The molecule has 0 spiro atoms. The van der Waals surface area contributed by atoms with E-state index in [0.717, 1.165) is 12.1 Å². The summed E-state index contributed by atoms with van der Waals surface area (Å²) >= 11 is 1.39. The minimum Gasteiger partial charge on any atom is -0.339 e. The van der Waals surface area contributed by atoms with Crippen LogP contribution in [0.3, 0.4) is 0 Å².